The summed E-state index contributed by atoms with van der Waals surface area (Å²) in [5.74, 6) is -0.136. The fourth-order valence-corrected chi connectivity index (χ4v) is 2.09. The van der Waals surface area contributed by atoms with Crippen LogP contribution in [-0.2, 0) is 6.54 Å². The van der Waals surface area contributed by atoms with Gasteiger partial charge in [-0.05, 0) is 6.92 Å². The van der Waals surface area contributed by atoms with Crippen LogP contribution in [0.15, 0.2) is 6.20 Å². The van der Waals surface area contributed by atoms with Gasteiger partial charge in [0.15, 0.2) is 5.69 Å². The van der Waals surface area contributed by atoms with Crippen molar-refractivity contribution in [1.29, 1.82) is 0 Å². The van der Waals surface area contributed by atoms with Gasteiger partial charge in [-0.1, -0.05) is 12.1 Å². The first kappa shape index (κ1) is 15.9. The van der Waals surface area contributed by atoms with Gasteiger partial charge in [0.05, 0.1) is 18.3 Å². The van der Waals surface area contributed by atoms with Gasteiger partial charge in [0.2, 0.25) is 0 Å². The van der Waals surface area contributed by atoms with Crippen molar-refractivity contribution in [3.8, 4) is 0 Å². The number of hydrogen-bond acceptors (Lipinski definition) is 5. The molecule has 108 valence electrons. The zero-order valence-corrected chi connectivity index (χ0v) is 11.9. The molecule has 0 saturated carbocycles. The molecule has 0 aliphatic carbocycles. The molecule has 3 N–H and O–H groups in total. The highest BCUT2D eigenvalue weighted by Crippen LogP contribution is 2.27. The van der Waals surface area contributed by atoms with Crippen molar-refractivity contribution >= 4 is 18.3 Å². The molecule has 1 amide bonds. The van der Waals surface area contributed by atoms with Gasteiger partial charge in [-0.3, -0.25) is 9.48 Å². The Hall–Kier alpha value is -1.18. The fraction of sp³-hybridized carbons (Fsp3) is 0.727. The normalized spacial score (nSPS) is 26.3. The third kappa shape index (κ3) is 3.23. The molecule has 1 aromatic rings. The van der Waals surface area contributed by atoms with Crippen LogP contribution in [0, 0.1) is 5.92 Å². The van der Waals surface area contributed by atoms with Crippen molar-refractivity contribution in [1.82, 2.24) is 19.9 Å². The summed E-state index contributed by atoms with van der Waals surface area (Å²) in [4.78, 5) is 13.8. The van der Waals surface area contributed by atoms with E-state index in [4.69, 9.17) is 5.73 Å². The van der Waals surface area contributed by atoms with Crippen LogP contribution in [0.2, 0.25) is 0 Å². The monoisotopic (exact) mass is 289 g/mol. The standard InChI is InChI=1S/C11H19N5O2.ClH/c1-8-5-15(7-11(8,2)18)10(17)9-6-16(4-3-12)14-13-9;/h6,8,18H,3-5,7,12H2,1-2H3;1H/t8-,11+;/m1./s1. The number of amides is 1. The number of aromatic nitrogens is 3. The molecule has 1 saturated heterocycles. The molecule has 7 nitrogen and oxygen atoms in total. The Labute approximate surface area is 118 Å². The maximum atomic E-state index is 12.2. The molecule has 2 rings (SSSR count). The van der Waals surface area contributed by atoms with Crippen molar-refractivity contribution in [2.24, 2.45) is 11.7 Å². The van der Waals surface area contributed by atoms with E-state index in [1.54, 1.807) is 22.7 Å². The summed E-state index contributed by atoms with van der Waals surface area (Å²) in [5.41, 5.74) is 4.87. The minimum absolute atomic E-state index is 0. The average molecular weight is 290 g/mol. The van der Waals surface area contributed by atoms with Gasteiger partial charge in [-0.2, -0.15) is 0 Å². The predicted octanol–water partition coefficient (Wildman–Crippen LogP) is -0.498. The van der Waals surface area contributed by atoms with Gasteiger partial charge >= 0.3 is 0 Å². The second-order valence-corrected chi connectivity index (χ2v) is 5.10. The van der Waals surface area contributed by atoms with E-state index in [9.17, 15) is 9.90 Å². The molecule has 0 unspecified atom stereocenters. The van der Waals surface area contributed by atoms with Crippen LogP contribution >= 0.6 is 12.4 Å². The molecular formula is C11H20ClN5O2. The summed E-state index contributed by atoms with van der Waals surface area (Å²) >= 11 is 0. The molecule has 0 bridgehead atoms. The summed E-state index contributed by atoms with van der Waals surface area (Å²) in [6.07, 6.45) is 1.59. The van der Waals surface area contributed by atoms with Crippen LogP contribution in [0.3, 0.4) is 0 Å². The first-order chi connectivity index (χ1) is 8.44. The number of hydrogen-bond donors (Lipinski definition) is 2. The average Bonchev–Trinajstić information content (AvgIpc) is 2.85. The van der Waals surface area contributed by atoms with Crippen molar-refractivity contribution < 1.29 is 9.90 Å². The second kappa shape index (κ2) is 5.85. The van der Waals surface area contributed by atoms with E-state index >= 15 is 0 Å². The molecule has 19 heavy (non-hydrogen) atoms. The van der Waals surface area contributed by atoms with Crippen LogP contribution in [0.4, 0.5) is 0 Å². The molecule has 2 atom stereocenters. The number of carbonyl (C=O) groups is 1. The zero-order chi connectivity index (χ0) is 13.3. The number of halogens is 1. The van der Waals surface area contributed by atoms with Crippen molar-refractivity contribution in [2.45, 2.75) is 26.0 Å². The summed E-state index contributed by atoms with van der Waals surface area (Å²) in [7, 11) is 0. The Morgan fingerprint density at radius 3 is 2.89 bits per heavy atom. The van der Waals surface area contributed by atoms with E-state index in [-0.39, 0.29) is 24.2 Å². The Morgan fingerprint density at radius 2 is 2.37 bits per heavy atom. The first-order valence-corrected chi connectivity index (χ1v) is 6.06. The molecule has 0 spiro atoms. The predicted molar refractivity (Wildman–Crippen MR) is 72.0 cm³/mol. The summed E-state index contributed by atoms with van der Waals surface area (Å²) < 4.78 is 1.55. The van der Waals surface area contributed by atoms with Crippen LogP contribution < -0.4 is 5.73 Å². The van der Waals surface area contributed by atoms with Crippen LogP contribution in [-0.4, -0.2) is 56.1 Å². The summed E-state index contributed by atoms with van der Waals surface area (Å²) in [5, 5.41) is 17.7. The largest absolute Gasteiger partial charge is 0.388 e. The molecule has 1 aliphatic heterocycles. The molecule has 1 aromatic heterocycles. The van der Waals surface area contributed by atoms with E-state index in [1.807, 2.05) is 6.92 Å². The topological polar surface area (TPSA) is 97.3 Å². The molecular weight excluding hydrogens is 270 g/mol. The SMILES string of the molecule is C[C@@H]1CN(C(=O)c2cn(CCN)nn2)C[C@]1(C)O.Cl. The van der Waals surface area contributed by atoms with Gasteiger partial charge < -0.3 is 15.7 Å². The number of aliphatic hydroxyl groups is 1. The summed E-state index contributed by atoms with van der Waals surface area (Å²) in [6.45, 7) is 5.53. The first-order valence-electron chi connectivity index (χ1n) is 6.06. The molecule has 0 radical (unpaired) electrons. The Bertz CT molecular complexity index is 448. The third-order valence-corrected chi connectivity index (χ3v) is 3.47. The highest BCUT2D eigenvalue weighted by molar-refractivity contribution is 5.92. The van der Waals surface area contributed by atoms with Gasteiger partial charge in [-0.15, -0.1) is 17.5 Å². The van der Waals surface area contributed by atoms with Gasteiger partial charge in [-0.25, -0.2) is 0 Å². The Balaban J connectivity index is 0.00000180. The third-order valence-electron chi connectivity index (χ3n) is 3.47. The second-order valence-electron chi connectivity index (χ2n) is 5.10. The molecule has 0 aromatic carbocycles. The van der Waals surface area contributed by atoms with E-state index in [0.717, 1.165) is 0 Å². The van der Waals surface area contributed by atoms with Crippen molar-refractivity contribution in [2.75, 3.05) is 19.6 Å². The number of nitrogens with zero attached hydrogens (tertiary/aromatic N) is 4. The Kier molecular flexibility index (Phi) is 4.89. The molecule has 2 heterocycles. The lowest BCUT2D eigenvalue weighted by Gasteiger charge is -2.20. The number of nitrogens with two attached hydrogens (primary N) is 1. The van der Waals surface area contributed by atoms with E-state index in [0.29, 0.717) is 31.9 Å². The maximum absolute atomic E-state index is 12.2. The lowest BCUT2D eigenvalue weighted by molar-refractivity contribution is 0.0350. The minimum Gasteiger partial charge on any atom is -0.388 e. The van der Waals surface area contributed by atoms with Gasteiger partial charge in [0.25, 0.3) is 5.91 Å². The molecule has 1 fully saturated rings. The number of rotatable bonds is 3. The number of likely N-dealkylation sites (tertiary alicyclic amines) is 1. The molecule has 8 heteroatoms. The lowest BCUT2D eigenvalue weighted by Crippen LogP contribution is -2.35. The molecule has 1 aliphatic rings. The van der Waals surface area contributed by atoms with E-state index < -0.39 is 5.60 Å². The smallest absolute Gasteiger partial charge is 0.276 e. The number of carbonyl (C=O) groups excluding carboxylic acids is 1. The highest BCUT2D eigenvalue weighted by atomic mass is 35.5. The Morgan fingerprint density at radius 1 is 1.68 bits per heavy atom. The van der Waals surface area contributed by atoms with Crippen LogP contribution in [0.1, 0.15) is 24.3 Å². The van der Waals surface area contributed by atoms with Crippen molar-refractivity contribution in [3.63, 3.8) is 0 Å². The van der Waals surface area contributed by atoms with Crippen LogP contribution in [0.5, 0.6) is 0 Å². The van der Waals surface area contributed by atoms with Gasteiger partial charge in [0.1, 0.15) is 0 Å². The lowest BCUT2D eigenvalue weighted by atomic mass is 9.95. The minimum atomic E-state index is -0.830. The maximum Gasteiger partial charge on any atom is 0.276 e. The van der Waals surface area contributed by atoms with Crippen molar-refractivity contribution in [3.05, 3.63) is 11.9 Å². The van der Waals surface area contributed by atoms with Gasteiger partial charge in [0, 0.05) is 25.6 Å². The zero-order valence-electron chi connectivity index (χ0n) is 11.1. The highest BCUT2D eigenvalue weighted by Gasteiger charge is 2.41. The summed E-state index contributed by atoms with van der Waals surface area (Å²) in [6, 6.07) is 0. The van der Waals surface area contributed by atoms with E-state index in [1.165, 1.54) is 0 Å². The quantitative estimate of drug-likeness (QED) is 0.782. The van der Waals surface area contributed by atoms with E-state index in [2.05, 4.69) is 10.3 Å². The fourth-order valence-electron chi connectivity index (χ4n) is 2.09. The number of β-amino-alcohol motifs (C(OH)–C–C–N with tert-alkyl or cyclic N) is 1. The van der Waals surface area contributed by atoms with Crippen LogP contribution in [0.25, 0.3) is 0 Å².